The first-order valence-corrected chi connectivity index (χ1v) is 19.1. The number of fused-ring (bicyclic) bond motifs is 2. The second kappa shape index (κ2) is 11.8. The van der Waals surface area contributed by atoms with Crippen molar-refractivity contribution in [1.29, 1.82) is 0 Å². The number of amides is 1. The summed E-state index contributed by atoms with van der Waals surface area (Å²) in [5.74, 6) is 1.69. The molecule has 266 valence electrons. The number of hydrogen-bond acceptors (Lipinski definition) is 5. The largest absolute Gasteiger partial charge is 0.353 e. The summed E-state index contributed by atoms with van der Waals surface area (Å²) in [5.41, 5.74) is 0.0459. The zero-order chi connectivity index (χ0) is 35.2. The second-order valence-corrected chi connectivity index (χ2v) is 19.4. The Morgan fingerprint density at radius 2 is 1.60 bits per heavy atom. The van der Waals surface area contributed by atoms with Crippen LogP contribution in [0, 0.1) is 62.1 Å². The molecule has 5 aliphatic carbocycles. The van der Waals surface area contributed by atoms with E-state index in [9.17, 15) is 9.59 Å². The third-order valence-electron chi connectivity index (χ3n) is 15.7. The van der Waals surface area contributed by atoms with Crippen LogP contribution < -0.4 is 10.6 Å². The molecule has 1 aromatic carbocycles. The van der Waals surface area contributed by atoms with Crippen molar-refractivity contribution in [2.24, 2.45) is 62.1 Å². The average Bonchev–Trinajstić information content (AvgIpc) is 3.64. The van der Waals surface area contributed by atoms with Gasteiger partial charge >= 0.3 is 0 Å². The van der Waals surface area contributed by atoms with Crippen LogP contribution in [0.25, 0.3) is 0 Å². The topological polar surface area (TPSA) is 78.5 Å². The number of nitrogens with one attached hydrogen (secondary N) is 2. The van der Waals surface area contributed by atoms with Crippen molar-refractivity contribution in [3.8, 4) is 0 Å². The van der Waals surface area contributed by atoms with Crippen molar-refractivity contribution >= 4 is 17.5 Å². The Balaban J connectivity index is 1.37. The number of hydrogen-bond donors (Lipinski definition) is 2. The molecule has 0 bridgehead atoms. The van der Waals surface area contributed by atoms with E-state index in [1.54, 1.807) is 0 Å². The summed E-state index contributed by atoms with van der Waals surface area (Å²) in [6.07, 6.45) is 6.50. The molecule has 0 unspecified atom stereocenters. The van der Waals surface area contributed by atoms with Crippen LogP contribution in [0.5, 0.6) is 0 Å². The van der Waals surface area contributed by atoms with Gasteiger partial charge in [-0.2, -0.15) is 0 Å². The van der Waals surface area contributed by atoms with Crippen LogP contribution in [0.15, 0.2) is 30.3 Å². The molecule has 11 atom stereocenters. The molecule has 2 spiro atoms. The first kappa shape index (κ1) is 35.8. The fourth-order valence-electron chi connectivity index (χ4n) is 13.0. The third kappa shape index (κ3) is 4.95. The number of rotatable bonds is 9. The zero-order valence-corrected chi connectivity index (χ0v) is 32.0. The van der Waals surface area contributed by atoms with Gasteiger partial charge in [-0.05, 0) is 99.1 Å². The van der Waals surface area contributed by atoms with Gasteiger partial charge in [0.15, 0.2) is 0 Å². The van der Waals surface area contributed by atoms with E-state index in [1.807, 2.05) is 13.8 Å². The fourth-order valence-corrected chi connectivity index (χ4v) is 13.0. The van der Waals surface area contributed by atoms with E-state index in [-0.39, 0.29) is 62.8 Å². The van der Waals surface area contributed by atoms with E-state index in [0.29, 0.717) is 29.8 Å². The highest BCUT2D eigenvalue weighted by Crippen LogP contribution is 2.88. The molecule has 0 radical (unpaired) electrons. The molecule has 48 heavy (non-hydrogen) atoms. The van der Waals surface area contributed by atoms with Crippen molar-refractivity contribution in [1.82, 2.24) is 15.5 Å². The molecule has 6 rings (SSSR count). The average molecular weight is 660 g/mol. The summed E-state index contributed by atoms with van der Waals surface area (Å²) in [6, 6.07) is 10.8. The van der Waals surface area contributed by atoms with E-state index < -0.39 is 5.41 Å². The van der Waals surface area contributed by atoms with E-state index in [0.717, 1.165) is 51.6 Å². The molecule has 1 amide bonds. The SMILES string of the molecule is CC(C)C(=O)N[C@H]1CC[C@]23C[C@]24C(=O)C[C@]2(C)[C@@H]([C@H](C)N(C)C)[C@H](C(=O)C(C)(C)C)C[C@@]2(C)[C@@H]4CC[C@H]3[C@]1(C)CNCc1ccccc1. The molecular formula is C42H65N3O3. The van der Waals surface area contributed by atoms with Gasteiger partial charge in [0.2, 0.25) is 5.91 Å². The first-order valence-electron chi connectivity index (χ1n) is 19.1. The molecule has 0 aromatic heterocycles. The number of ketones is 2. The molecule has 1 aromatic rings. The highest BCUT2D eigenvalue weighted by atomic mass is 16.2. The molecule has 0 heterocycles. The lowest BCUT2D eigenvalue weighted by atomic mass is 9.41. The number of nitrogens with zero attached hydrogens (tertiary/aromatic N) is 1. The van der Waals surface area contributed by atoms with Gasteiger partial charge in [0.1, 0.15) is 11.6 Å². The Morgan fingerprint density at radius 3 is 2.21 bits per heavy atom. The van der Waals surface area contributed by atoms with Gasteiger partial charge < -0.3 is 15.5 Å². The van der Waals surface area contributed by atoms with Gasteiger partial charge in [0, 0.05) is 59.7 Å². The summed E-state index contributed by atoms with van der Waals surface area (Å²) in [6.45, 7) is 21.4. The predicted octanol–water partition coefficient (Wildman–Crippen LogP) is 7.31. The predicted molar refractivity (Wildman–Crippen MR) is 193 cm³/mol. The third-order valence-corrected chi connectivity index (χ3v) is 15.7. The lowest BCUT2D eigenvalue weighted by Crippen LogP contribution is -2.65. The first-order chi connectivity index (χ1) is 22.3. The van der Waals surface area contributed by atoms with Crippen LogP contribution in [0.1, 0.15) is 113 Å². The van der Waals surface area contributed by atoms with Gasteiger partial charge in [0.25, 0.3) is 0 Å². The Bertz CT molecular complexity index is 1430. The van der Waals surface area contributed by atoms with Crippen molar-refractivity contribution in [2.75, 3.05) is 20.6 Å². The molecule has 5 fully saturated rings. The van der Waals surface area contributed by atoms with Gasteiger partial charge in [-0.25, -0.2) is 0 Å². The minimum absolute atomic E-state index is 0.0195. The van der Waals surface area contributed by atoms with E-state index in [4.69, 9.17) is 0 Å². The minimum atomic E-state index is -0.414. The van der Waals surface area contributed by atoms with Crippen LogP contribution in [0.4, 0.5) is 0 Å². The van der Waals surface area contributed by atoms with Crippen LogP contribution in [0.2, 0.25) is 0 Å². The van der Waals surface area contributed by atoms with Crippen molar-refractivity contribution in [3.05, 3.63) is 35.9 Å². The van der Waals surface area contributed by atoms with Crippen molar-refractivity contribution in [3.63, 3.8) is 0 Å². The minimum Gasteiger partial charge on any atom is -0.353 e. The highest BCUT2D eigenvalue weighted by Gasteiger charge is 2.86. The van der Waals surface area contributed by atoms with Crippen molar-refractivity contribution < 1.29 is 14.4 Å². The molecule has 0 aliphatic heterocycles. The van der Waals surface area contributed by atoms with Gasteiger partial charge in [-0.3, -0.25) is 14.4 Å². The summed E-state index contributed by atoms with van der Waals surface area (Å²) < 4.78 is 0. The Kier molecular flexibility index (Phi) is 8.76. The lowest BCUT2D eigenvalue weighted by molar-refractivity contribution is -0.171. The molecular weight excluding hydrogens is 594 g/mol. The molecule has 2 N–H and O–H groups in total. The number of carbonyl (C=O) groups excluding carboxylic acids is 3. The van der Waals surface area contributed by atoms with Gasteiger partial charge in [0.05, 0.1) is 0 Å². The maximum absolute atomic E-state index is 15.1. The molecule has 5 saturated carbocycles. The van der Waals surface area contributed by atoms with Crippen LogP contribution in [-0.2, 0) is 20.9 Å². The highest BCUT2D eigenvalue weighted by molar-refractivity contribution is 5.93. The maximum Gasteiger partial charge on any atom is 0.222 e. The zero-order valence-electron chi connectivity index (χ0n) is 32.0. The smallest absolute Gasteiger partial charge is 0.222 e. The van der Waals surface area contributed by atoms with Crippen molar-refractivity contribution in [2.45, 2.75) is 126 Å². The standard InChI is InChI=1S/C42H65N3O3/c1-26(2)36(48)44-32-19-20-41-24-42(41)31(18-17-30(41)38(32,7)25-43-23-28-15-13-12-14-16-28)39(8)21-29(35(47)37(4,5)6)34(27(3)45(10)11)40(39,9)22-33(42)46/h12-16,26-27,29-32,34,43H,17-25H2,1-11H3,(H,44,48)/t27-,29+,30-,31-,32-,34-,38-,39-,40+,41+,42-/m0/s1. The molecule has 0 saturated heterocycles. The van der Waals surface area contributed by atoms with Crippen LogP contribution >= 0.6 is 0 Å². The molecule has 5 aliphatic rings. The van der Waals surface area contributed by atoms with E-state index in [2.05, 4.69) is 108 Å². The maximum atomic E-state index is 15.1. The Hall–Kier alpha value is -2.05. The normalized spacial score (nSPS) is 42.4. The lowest BCUT2D eigenvalue weighted by Gasteiger charge is -2.63. The van der Waals surface area contributed by atoms with Gasteiger partial charge in [-0.15, -0.1) is 0 Å². The summed E-state index contributed by atoms with van der Waals surface area (Å²) in [5, 5.41) is 7.34. The van der Waals surface area contributed by atoms with E-state index >= 15 is 4.79 Å². The Labute approximate surface area is 291 Å². The van der Waals surface area contributed by atoms with E-state index in [1.165, 1.54) is 5.56 Å². The summed E-state index contributed by atoms with van der Waals surface area (Å²) in [7, 11) is 4.28. The van der Waals surface area contributed by atoms with Gasteiger partial charge in [-0.1, -0.05) is 85.7 Å². The second-order valence-electron chi connectivity index (χ2n) is 19.4. The fraction of sp³-hybridized carbons (Fsp3) is 0.786. The monoisotopic (exact) mass is 660 g/mol. The summed E-state index contributed by atoms with van der Waals surface area (Å²) in [4.78, 5) is 44.9. The number of Topliss-reactive ketones (excluding diaryl/α,β-unsaturated/α-hetero) is 2. The Morgan fingerprint density at radius 1 is 0.958 bits per heavy atom. The molecule has 6 nitrogen and oxygen atoms in total. The number of carbonyl (C=O) groups is 3. The molecule has 6 heteroatoms. The number of benzene rings is 1. The van der Waals surface area contributed by atoms with Crippen LogP contribution in [0.3, 0.4) is 0 Å². The quantitative estimate of drug-likeness (QED) is 0.291. The van der Waals surface area contributed by atoms with Crippen LogP contribution in [-0.4, -0.2) is 55.1 Å². The summed E-state index contributed by atoms with van der Waals surface area (Å²) >= 11 is 0.